The van der Waals surface area contributed by atoms with E-state index in [9.17, 15) is 0 Å². The van der Waals surface area contributed by atoms with Crippen LogP contribution in [0.2, 0.25) is 0 Å². The molecule has 3 heterocycles. The fourth-order valence-electron chi connectivity index (χ4n) is 3.11. The van der Waals surface area contributed by atoms with Crippen LogP contribution in [0.4, 0.5) is 0 Å². The summed E-state index contributed by atoms with van der Waals surface area (Å²) in [5.41, 5.74) is 2.39. The SMILES string of the molecule is S=C(SCc1cn2cccnc2n1)N1CCN(Cc2ccccc2)CC1. The van der Waals surface area contributed by atoms with Gasteiger partial charge in [-0.3, -0.25) is 9.30 Å². The molecule has 4 rings (SSSR count). The number of piperazine rings is 1. The van der Waals surface area contributed by atoms with Crippen LogP contribution in [0.15, 0.2) is 55.0 Å². The van der Waals surface area contributed by atoms with Crippen molar-refractivity contribution in [2.75, 3.05) is 26.2 Å². The van der Waals surface area contributed by atoms with Crippen molar-refractivity contribution in [3.63, 3.8) is 0 Å². The lowest BCUT2D eigenvalue weighted by molar-refractivity contribution is 0.179. The zero-order valence-corrected chi connectivity index (χ0v) is 16.1. The molecule has 5 nitrogen and oxygen atoms in total. The fourth-order valence-corrected chi connectivity index (χ4v) is 4.24. The summed E-state index contributed by atoms with van der Waals surface area (Å²) >= 11 is 7.33. The van der Waals surface area contributed by atoms with Crippen LogP contribution in [0.1, 0.15) is 11.3 Å². The molecule has 0 unspecified atom stereocenters. The molecule has 0 amide bonds. The Balaban J connectivity index is 1.25. The van der Waals surface area contributed by atoms with Crippen LogP contribution in [-0.2, 0) is 12.3 Å². The molecule has 0 N–H and O–H groups in total. The maximum Gasteiger partial charge on any atom is 0.233 e. The summed E-state index contributed by atoms with van der Waals surface area (Å²) in [6.45, 7) is 5.10. The van der Waals surface area contributed by atoms with Gasteiger partial charge >= 0.3 is 0 Å². The quantitative estimate of drug-likeness (QED) is 0.645. The molecular weight excluding hydrogens is 362 g/mol. The minimum Gasteiger partial charge on any atom is -0.355 e. The third-order valence-corrected chi connectivity index (χ3v) is 6.07. The zero-order chi connectivity index (χ0) is 17.8. The summed E-state index contributed by atoms with van der Waals surface area (Å²) < 4.78 is 2.91. The van der Waals surface area contributed by atoms with Crippen molar-refractivity contribution >= 4 is 34.1 Å². The lowest BCUT2D eigenvalue weighted by Gasteiger charge is -2.35. The van der Waals surface area contributed by atoms with Gasteiger partial charge in [-0.15, -0.1) is 0 Å². The normalized spacial score (nSPS) is 15.5. The van der Waals surface area contributed by atoms with E-state index in [1.807, 2.05) is 22.9 Å². The maximum atomic E-state index is 5.64. The highest BCUT2D eigenvalue weighted by atomic mass is 32.2. The first kappa shape index (κ1) is 17.5. The number of rotatable bonds is 4. The summed E-state index contributed by atoms with van der Waals surface area (Å²) in [7, 11) is 0. The van der Waals surface area contributed by atoms with Gasteiger partial charge in [0.15, 0.2) is 0 Å². The number of hydrogen-bond acceptors (Lipinski definition) is 5. The minimum absolute atomic E-state index is 0.739. The number of fused-ring (bicyclic) bond motifs is 1. The number of thioether (sulfide) groups is 1. The van der Waals surface area contributed by atoms with Gasteiger partial charge in [-0.05, 0) is 11.6 Å². The minimum atomic E-state index is 0.739. The molecule has 1 aliphatic rings. The predicted octanol–water partition coefficient (Wildman–Crippen LogP) is 3.07. The van der Waals surface area contributed by atoms with Gasteiger partial charge in [0.25, 0.3) is 0 Å². The van der Waals surface area contributed by atoms with Crippen LogP contribution in [0.25, 0.3) is 5.78 Å². The standard InChI is InChI=1S/C19H21N5S2/c25-19(26-15-17-14-24-8-4-7-20-18(24)21-17)23-11-9-22(10-12-23)13-16-5-2-1-3-6-16/h1-8,14H,9-13,15H2. The van der Waals surface area contributed by atoms with E-state index >= 15 is 0 Å². The van der Waals surface area contributed by atoms with Crippen molar-refractivity contribution < 1.29 is 0 Å². The topological polar surface area (TPSA) is 36.7 Å². The van der Waals surface area contributed by atoms with Gasteiger partial charge in [-0.2, -0.15) is 0 Å². The van der Waals surface area contributed by atoms with Gasteiger partial charge < -0.3 is 4.90 Å². The zero-order valence-electron chi connectivity index (χ0n) is 14.5. The Bertz CT molecular complexity index is 839. The highest BCUT2D eigenvalue weighted by Crippen LogP contribution is 2.18. The highest BCUT2D eigenvalue weighted by Gasteiger charge is 2.19. The third kappa shape index (κ3) is 4.23. The highest BCUT2D eigenvalue weighted by molar-refractivity contribution is 8.22. The second kappa shape index (κ2) is 8.16. The maximum absolute atomic E-state index is 5.64. The van der Waals surface area contributed by atoms with Gasteiger partial charge in [-0.1, -0.05) is 54.3 Å². The Morgan fingerprint density at radius 3 is 2.65 bits per heavy atom. The lowest BCUT2D eigenvalue weighted by Crippen LogP contribution is -2.47. The molecule has 0 atom stereocenters. The molecule has 1 fully saturated rings. The molecule has 2 aromatic heterocycles. The summed E-state index contributed by atoms with van der Waals surface area (Å²) in [4.78, 5) is 13.6. The van der Waals surface area contributed by atoms with Gasteiger partial charge in [0.2, 0.25) is 5.78 Å². The van der Waals surface area contributed by atoms with E-state index in [1.165, 1.54) is 5.56 Å². The van der Waals surface area contributed by atoms with Gasteiger partial charge in [-0.25, -0.2) is 9.97 Å². The predicted molar refractivity (Wildman–Crippen MR) is 110 cm³/mol. The molecular formula is C19H21N5S2. The first-order valence-corrected chi connectivity index (χ1v) is 10.1. The van der Waals surface area contributed by atoms with Crippen LogP contribution in [-0.4, -0.2) is 54.7 Å². The number of aromatic nitrogens is 3. The molecule has 134 valence electrons. The summed E-state index contributed by atoms with van der Waals surface area (Å²) in [5.74, 6) is 1.52. The Morgan fingerprint density at radius 1 is 1.08 bits per heavy atom. The van der Waals surface area contributed by atoms with Crippen LogP contribution in [0.5, 0.6) is 0 Å². The van der Waals surface area contributed by atoms with Gasteiger partial charge in [0, 0.05) is 57.1 Å². The summed E-state index contributed by atoms with van der Waals surface area (Å²) in [6, 6.07) is 12.6. The molecule has 1 aliphatic heterocycles. The van der Waals surface area contributed by atoms with Crippen molar-refractivity contribution in [2.45, 2.75) is 12.3 Å². The van der Waals surface area contributed by atoms with Crippen LogP contribution in [0, 0.1) is 0 Å². The van der Waals surface area contributed by atoms with Crippen molar-refractivity contribution in [1.82, 2.24) is 24.2 Å². The molecule has 1 saturated heterocycles. The number of nitrogens with zero attached hydrogens (tertiary/aromatic N) is 5. The average molecular weight is 384 g/mol. The Kier molecular flexibility index (Phi) is 5.48. The third-order valence-electron chi connectivity index (χ3n) is 4.51. The van der Waals surface area contributed by atoms with E-state index < -0.39 is 0 Å². The lowest BCUT2D eigenvalue weighted by atomic mass is 10.2. The fraction of sp³-hybridized carbons (Fsp3) is 0.316. The Hall–Kier alpha value is -1.96. The van der Waals surface area contributed by atoms with Crippen molar-refractivity contribution in [2.24, 2.45) is 0 Å². The summed E-state index contributed by atoms with van der Waals surface area (Å²) in [6.07, 6.45) is 5.75. The average Bonchev–Trinajstić information content (AvgIpc) is 3.10. The van der Waals surface area contributed by atoms with Crippen LogP contribution < -0.4 is 0 Å². The van der Waals surface area contributed by atoms with Gasteiger partial charge in [0.1, 0.15) is 4.32 Å². The molecule has 0 saturated carbocycles. The van der Waals surface area contributed by atoms with E-state index in [0.29, 0.717) is 0 Å². The molecule has 0 aliphatic carbocycles. The molecule has 1 aromatic carbocycles. The van der Waals surface area contributed by atoms with Gasteiger partial charge in [0.05, 0.1) is 5.69 Å². The van der Waals surface area contributed by atoms with E-state index in [-0.39, 0.29) is 0 Å². The first-order valence-electron chi connectivity index (χ1n) is 8.74. The van der Waals surface area contributed by atoms with Crippen molar-refractivity contribution in [3.8, 4) is 0 Å². The van der Waals surface area contributed by atoms with Crippen LogP contribution in [0.3, 0.4) is 0 Å². The van der Waals surface area contributed by atoms with E-state index in [2.05, 4.69) is 50.1 Å². The van der Waals surface area contributed by atoms with E-state index in [0.717, 1.165) is 54.3 Å². The summed E-state index contributed by atoms with van der Waals surface area (Å²) in [5, 5.41) is 0. The Morgan fingerprint density at radius 2 is 1.88 bits per heavy atom. The monoisotopic (exact) mass is 383 g/mol. The second-order valence-corrected chi connectivity index (χ2v) is 7.97. The smallest absolute Gasteiger partial charge is 0.233 e. The van der Waals surface area contributed by atoms with E-state index in [1.54, 1.807) is 18.0 Å². The molecule has 3 aromatic rings. The Labute approximate surface area is 163 Å². The van der Waals surface area contributed by atoms with E-state index in [4.69, 9.17) is 12.2 Å². The molecule has 26 heavy (non-hydrogen) atoms. The molecule has 0 radical (unpaired) electrons. The number of thiocarbonyl (C=S) groups is 1. The number of benzene rings is 1. The van der Waals surface area contributed by atoms with Crippen LogP contribution >= 0.6 is 24.0 Å². The van der Waals surface area contributed by atoms with Crippen molar-refractivity contribution in [1.29, 1.82) is 0 Å². The number of hydrogen-bond donors (Lipinski definition) is 0. The number of imidazole rings is 1. The largest absolute Gasteiger partial charge is 0.355 e. The van der Waals surface area contributed by atoms with Crippen molar-refractivity contribution in [3.05, 3.63) is 66.2 Å². The second-order valence-electron chi connectivity index (χ2n) is 6.36. The molecule has 0 spiro atoms. The molecule has 7 heteroatoms. The first-order chi connectivity index (χ1) is 12.8. The molecule has 0 bridgehead atoms.